The molecule has 0 bridgehead atoms. The molecule has 0 spiro atoms. The molecule has 0 unspecified atom stereocenters. The number of aliphatic imine (C=N–C) groups is 1. The zero-order valence-electron chi connectivity index (χ0n) is 10.1. The predicted molar refractivity (Wildman–Crippen MR) is 85.0 cm³/mol. The van der Waals surface area contributed by atoms with Crippen molar-refractivity contribution in [2.45, 2.75) is 0 Å². The number of hydrazone groups is 1. The Kier molecular flexibility index (Phi) is 4.05. The fraction of sp³-hybridized carbons (Fsp3) is 0.0769. The second-order valence-electron chi connectivity index (χ2n) is 3.93. The second-order valence-corrected chi connectivity index (χ2v) is 6.61. The molecule has 0 amide bonds. The average Bonchev–Trinajstić information content (AvgIpc) is 2.89. The molecule has 1 aromatic heterocycles. The summed E-state index contributed by atoms with van der Waals surface area (Å²) in [7, 11) is 0. The molecule has 0 fully saturated rings. The summed E-state index contributed by atoms with van der Waals surface area (Å²) in [4.78, 5) is 5.24. The third-order valence-corrected chi connectivity index (χ3v) is 4.72. The van der Waals surface area contributed by atoms with E-state index < -0.39 is 0 Å². The zero-order chi connectivity index (χ0) is 13.9. The minimum atomic E-state index is -0.345. The van der Waals surface area contributed by atoms with E-state index in [-0.39, 0.29) is 5.82 Å². The van der Waals surface area contributed by atoms with Gasteiger partial charge in [0.1, 0.15) is 11.5 Å². The van der Waals surface area contributed by atoms with Gasteiger partial charge in [-0.25, -0.2) is 9.38 Å². The summed E-state index contributed by atoms with van der Waals surface area (Å²) in [5.74, 6) is 0.333. The monoisotopic (exact) mass is 325 g/mol. The molecular weight excluding hydrogens is 317 g/mol. The number of para-hydroxylation sites is 1. The molecule has 3 nitrogen and oxygen atoms in total. The number of thiophene rings is 1. The molecule has 0 aliphatic carbocycles. The normalized spacial score (nSPS) is 16.9. The molecule has 1 aliphatic rings. The van der Waals surface area contributed by atoms with Crippen LogP contribution in [-0.4, -0.2) is 16.6 Å². The quantitative estimate of drug-likeness (QED) is 0.895. The van der Waals surface area contributed by atoms with E-state index in [1.807, 2.05) is 12.1 Å². The Hall–Kier alpha value is -1.37. The van der Waals surface area contributed by atoms with Gasteiger partial charge in [0.2, 0.25) is 0 Å². The Bertz CT molecular complexity index is 696. The number of thioether (sulfide) groups is 1. The van der Waals surface area contributed by atoms with Gasteiger partial charge < -0.3 is 0 Å². The minimum Gasteiger partial charge on any atom is -0.255 e. The summed E-state index contributed by atoms with van der Waals surface area (Å²) in [6.45, 7) is 0. The van der Waals surface area contributed by atoms with Gasteiger partial charge in [0.15, 0.2) is 5.17 Å². The van der Waals surface area contributed by atoms with Crippen molar-refractivity contribution in [1.29, 1.82) is 0 Å². The summed E-state index contributed by atoms with van der Waals surface area (Å²) in [5, 5.41) is 4.85. The number of halogens is 2. The van der Waals surface area contributed by atoms with Gasteiger partial charge in [0.05, 0.1) is 14.9 Å². The van der Waals surface area contributed by atoms with Gasteiger partial charge >= 0.3 is 0 Å². The molecule has 7 heteroatoms. The van der Waals surface area contributed by atoms with Gasteiger partial charge in [-0.2, -0.15) is 5.10 Å². The second kappa shape index (κ2) is 5.95. The summed E-state index contributed by atoms with van der Waals surface area (Å²) in [6, 6.07) is 10.2. The third-order valence-electron chi connectivity index (χ3n) is 2.56. The zero-order valence-corrected chi connectivity index (χ0v) is 12.5. The van der Waals surface area contributed by atoms with Crippen LogP contribution in [0.2, 0.25) is 4.34 Å². The highest BCUT2D eigenvalue weighted by molar-refractivity contribution is 8.14. The fourth-order valence-electron chi connectivity index (χ4n) is 1.62. The Morgan fingerprint density at radius 1 is 1.25 bits per heavy atom. The summed E-state index contributed by atoms with van der Waals surface area (Å²) < 4.78 is 14.2. The van der Waals surface area contributed by atoms with Crippen LogP contribution >= 0.6 is 34.7 Å². The Balaban J connectivity index is 1.78. The van der Waals surface area contributed by atoms with Crippen molar-refractivity contribution < 1.29 is 4.39 Å². The molecule has 0 radical (unpaired) electrons. The molecule has 2 aromatic rings. The van der Waals surface area contributed by atoms with Crippen molar-refractivity contribution in [3.05, 3.63) is 51.4 Å². The Morgan fingerprint density at radius 2 is 2.10 bits per heavy atom. The highest BCUT2D eigenvalue weighted by Gasteiger charge is 2.15. The van der Waals surface area contributed by atoms with E-state index in [9.17, 15) is 4.39 Å². The van der Waals surface area contributed by atoms with Crippen LogP contribution in [0.15, 0.2) is 46.5 Å². The standard InChI is InChI=1S/C13H9ClFN3S2/c14-12-6-5-11(20-12)10-7-19-13(18-17-10)16-9-4-2-1-3-8(9)15/h1-6H,7H2,(H,16,18). The maximum atomic E-state index is 13.5. The maximum Gasteiger partial charge on any atom is 0.182 e. The smallest absolute Gasteiger partial charge is 0.182 e. The van der Waals surface area contributed by atoms with Gasteiger partial charge in [-0.3, -0.25) is 5.43 Å². The van der Waals surface area contributed by atoms with Gasteiger partial charge in [-0.15, -0.1) is 11.3 Å². The molecule has 3 rings (SSSR count). The number of hydrogen-bond acceptors (Lipinski definition) is 4. The molecule has 0 atom stereocenters. The van der Waals surface area contributed by atoms with E-state index in [4.69, 9.17) is 11.6 Å². The number of rotatable bonds is 2. The Labute approximate surface area is 128 Å². The van der Waals surface area contributed by atoms with E-state index >= 15 is 0 Å². The fourth-order valence-corrected chi connectivity index (χ4v) is 3.51. The maximum absolute atomic E-state index is 13.5. The molecule has 2 heterocycles. The highest BCUT2D eigenvalue weighted by Crippen LogP contribution is 2.25. The van der Waals surface area contributed by atoms with Gasteiger partial charge in [-0.05, 0) is 24.3 Å². The lowest BCUT2D eigenvalue weighted by molar-refractivity contribution is 0.630. The van der Waals surface area contributed by atoms with E-state index in [1.165, 1.54) is 29.2 Å². The van der Waals surface area contributed by atoms with Crippen LogP contribution < -0.4 is 5.43 Å². The Morgan fingerprint density at radius 3 is 2.75 bits per heavy atom. The molecule has 1 aromatic carbocycles. The predicted octanol–water partition coefficient (Wildman–Crippen LogP) is 4.27. The molecule has 1 N–H and O–H groups in total. The van der Waals surface area contributed by atoms with Crippen LogP contribution in [-0.2, 0) is 0 Å². The van der Waals surface area contributed by atoms with E-state index in [2.05, 4.69) is 15.5 Å². The highest BCUT2D eigenvalue weighted by atomic mass is 35.5. The van der Waals surface area contributed by atoms with E-state index in [0.717, 1.165) is 14.9 Å². The molecular formula is C13H9ClFN3S2. The number of nitrogens with one attached hydrogen (secondary N) is 1. The number of hydrogen-bond donors (Lipinski definition) is 1. The van der Waals surface area contributed by atoms with E-state index in [1.54, 1.807) is 18.2 Å². The summed E-state index contributed by atoms with van der Waals surface area (Å²) in [5.41, 5.74) is 4.07. The molecule has 0 saturated heterocycles. The van der Waals surface area contributed by atoms with Gasteiger partial charge in [0.25, 0.3) is 0 Å². The number of amidine groups is 1. The molecule has 0 saturated carbocycles. The number of nitrogens with zero attached hydrogens (tertiary/aromatic N) is 2. The van der Waals surface area contributed by atoms with E-state index in [0.29, 0.717) is 16.6 Å². The minimum absolute atomic E-state index is 0.306. The first-order chi connectivity index (χ1) is 9.72. The molecule has 1 aliphatic heterocycles. The van der Waals surface area contributed by atoms with Crippen molar-refractivity contribution in [2.75, 3.05) is 5.75 Å². The first-order valence-electron chi connectivity index (χ1n) is 5.77. The first-order valence-corrected chi connectivity index (χ1v) is 7.95. The SMILES string of the molecule is Fc1ccccc1N=C1NN=C(c2ccc(Cl)s2)CS1. The van der Waals surface area contributed by atoms with Crippen molar-refractivity contribution in [2.24, 2.45) is 10.1 Å². The van der Waals surface area contributed by atoms with Gasteiger partial charge in [-0.1, -0.05) is 35.5 Å². The van der Waals surface area contributed by atoms with Crippen molar-refractivity contribution in [3.8, 4) is 0 Å². The number of benzene rings is 1. The van der Waals surface area contributed by atoms with Crippen molar-refractivity contribution >= 4 is 51.3 Å². The van der Waals surface area contributed by atoms with Crippen LogP contribution in [0, 0.1) is 5.82 Å². The van der Waals surface area contributed by atoms with Crippen molar-refractivity contribution in [3.63, 3.8) is 0 Å². The van der Waals surface area contributed by atoms with Crippen LogP contribution in [0.25, 0.3) is 0 Å². The summed E-state index contributed by atoms with van der Waals surface area (Å²) >= 11 is 8.87. The van der Waals surface area contributed by atoms with Gasteiger partial charge in [0, 0.05) is 5.75 Å². The average molecular weight is 326 g/mol. The molecule has 102 valence electrons. The topological polar surface area (TPSA) is 36.8 Å². The van der Waals surface area contributed by atoms with Crippen LogP contribution in [0.3, 0.4) is 0 Å². The first kappa shape index (κ1) is 13.6. The molecule has 20 heavy (non-hydrogen) atoms. The van der Waals surface area contributed by atoms with Crippen LogP contribution in [0.5, 0.6) is 0 Å². The van der Waals surface area contributed by atoms with Crippen molar-refractivity contribution in [1.82, 2.24) is 5.43 Å². The summed E-state index contributed by atoms with van der Waals surface area (Å²) in [6.07, 6.45) is 0. The lowest BCUT2D eigenvalue weighted by atomic mass is 10.3. The van der Waals surface area contributed by atoms with Crippen LogP contribution in [0.1, 0.15) is 4.88 Å². The third kappa shape index (κ3) is 3.03. The lowest BCUT2D eigenvalue weighted by Gasteiger charge is -2.13. The van der Waals surface area contributed by atoms with Crippen LogP contribution in [0.4, 0.5) is 10.1 Å². The lowest BCUT2D eigenvalue weighted by Crippen LogP contribution is -2.24. The largest absolute Gasteiger partial charge is 0.255 e.